The quantitative estimate of drug-likeness (QED) is 0.700. The number of hydrogen-bond donors (Lipinski definition) is 1. The summed E-state index contributed by atoms with van der Waals surface area (Å²) in [6.45, 7) is 2.68. The molecule has 21 heavy (non-hydrogen) atoms. The van der Waals surface area contributed by atoms with Gasteiger partial charge in [-0.2, -0.15) is 4.31 Å². The first-order valence-corrected chi connectivity index (χ1v) is 8.06. The van der Waals surface area contributed by atoms with Crippen LogP contribution < -0.4 is 5.73 Å². The zero-order valence-corrected chi connectivity index (χ0v) is 13.5. The molecule has 1 unspecified atom stereocenters. The summed E-state index contributed by atoms with van der Waals surface area (Å²) in [6.07, 6.45) is 1.53. The lowest BCUT2D eigenvalue weighted by Gasteiger charge is -2.28. The van der Waals surface area contributed by atoms with Gasteiger partial charge < -0.3 is 15.2 Å². The lowest BCUT2D eigenvalue weighted by Crippen LogP contribution is -2.43. The van der Waals surface area contributed by atoms with Crippen LogP contribution in [0.3, 0.4) is 0 Å². The summed E-state index contributed by atoms with van der Waals surface area (Å²) in [5.74, 6) is 0. The molecule has 7 nitrogen and oxygen atoms in total. The van der Waals surface area contributed by atoms with E-state index in [2.05, 4.69) is 4.98 Å². The number of aromatic nitrogens is 1. The number of methoxy groups -OCH3 is 2. The largest absolute Gasteiger partial charge is 0.383 e. The van der Waals surface area contributed by atoms with Crippen molar-refractivity contribution in [2.45, 2.75) is 24.4 Å². The maximum atomic E-state index is 12.9. The van der Waals surface area contributed by atoms with E-state index < -0.39 is 10.0 Å². The first kappa shape index (κ1) is 18.0. The van der Waals surface area contributed by atoms with Gasteiger partial charge in [0.25, 0.3) is 0 Å². The van der Waals surface area contributed by atoms with E-state index in [0.717, 1.165) is 0 Å². The van der Waals surface area contributed by atoms with Gasteiger partial charge in [-0.25, -0.2) is 8.42 Å². The SMILES string of the molecule is COCCN(C(C)COC)S(=O)(=O)c1cccnc1CN. The van der Waals surface area contributed by atoms with Crippen molar-refractivity contribution in [2.75, 3.05) is 34.0 Å². The highest BCUT2D eigenvalue weighted by Crippen LogP contribution is 2.20. The molecule has 0 aliphatic rings. The minimum atomic E-state index is -3.71. The second kappa shape index (κ2) is 8.40. The predicted octanol–water partition coefficient (Wildman–Crippen LogP) is 0.212. The van der Waals surface area contributed by atoms with E-state index in [1.807, 2.05) is 0 Å². The van der Waals surface area contributed by atoms with Gasteiger partial charge in [0.15, 0.2) is 0 Å². The molecule has 1 heterocycles. The van der Waals surface area contributed by atoms with Crippen molar-refractivity contribution in [3.8, 4) is 0 Å². The van der Waals surface area contributed by atoms with Crippen molar-refractivity contribution in [2.24, 2.45) is 5.73 Å². The van der Waals surface area contributed by atoms with Crippen molar-refractivity contribution < 1.29 is 17.9 Å². The Labute approximate surface area is 126 Å². The number of ether oxygens (including phenoxy) is 2. The van der Waals surface area contributed by atoms with Crippen molar-refractivity contribution in [3.05, 3.63) is 24.0 Å². The van der Waals surface area contributed by atoms with Gasteiger partial charge in [-0.05, 0) is 19.1 Å². The van der Waals surface area contributed by atoms with Crippen molar-refractivity contribution in [1.82, 2.24) is 9.29 Å². The molecule has 0 aromatic carbocycles. The highest BCUT2D eigenvalue weighted by molar-refractivity contribution is 7.89. The Morgan fingerprint density at radius 2 is 2.10 bits per heavy atom. The van der Waals surface area contributed by atoms with Gasteiger partial charge in [-0.15, -0.1) is 0 Å². The van der Waals surface area contributed by atoms with Crippen LogP contribution in [0.4, 0.5) is 0 Å². The molecule has 0 amide bonds. The molecule has 8 heteroatoms. The van der Waals surface area contributed by atoms with E-state index in [1.165, 1.54) is 30.8 Å². The molecule has 0 radical (unpaired) electrons. The maximum absolute atomic E-state index is 12.9. The molecule has 0 aliphatic heterocycles. The Kier molecular flexibility index (Phi) is 7.20. The number of hydrogen-bond acceptors (Lipinski definition) is 6. The average Bonchev–Trinajstić information content (AvgIpc) is 2.47. The van der Waals surface area contributed by atoms with Gasteiger partial charge >= 0.3 is 0 Å². The van der Waals surface area contributed by atoms with E-state index in [4.69, 9.17) is 15.2 Å². The van der Waals surface area contributed by atoms with E-state index in [1.54, 1.807) is 13.0 Å². The predicted molar refractivity (Wildman–Crippen MR) is 79.2 cm³/mol. The van der Waals surface area contributed by atoms with Crippen molar-refractivity contribution >= 4 is 10.0 Å². The third-order valence-corrected chi connectivity index (χ3v) is 5.13. The van der Waals surface area contributed by atoms with E-state index in [0.29, 0.717) is 18.9 Å². The Morgan fingerprint density at radius 3 is 2.67 bits per heavy atom. The lowest BCUT2D eigenvalue weighted by atomic mass is 10.3. The highest BCUT2D eigenvalue weighted by Gasteiger charge is 2.30. The Hall–Kier alpha value is -1.06. The standard InChI is InChI=1S/C13H23N3O4S/c1-11(10-20-3)16(7-8-19-2)21(17,18)13-5-4-6-15-12(13)9-14/h4-6,11H,7-10,14H2,1-3H3. The first-order valence-electron chi connectivity index (χ1n) is 6.62. The van der Waals surface area contributed by atoms with Gasteiger partial charge in [0.1, 0.15) is 4.90 Å². The summed E-state index contributed by atoms with van der Waals surface area (Å²) in [4.78, 5) is 4.17. The summed E-state index contributed by atoms with van der Waals surface area (Å²) in [7, 11) is -0.643. The second-order valence-corrected chi connectivity index (χ2v) is 6.42. The molecule has 0 aliphatic carbocycles. The number of nitrogens with two attached hydrogens (primary N) is 1. The number of rotatable bonds is 9. The van der Waals surface area contributed by atoms with Gasteiger partial charge in [0, 0.05) is 39.5 Å². The zero-order chi connectivity index (χ0) is 15.9. The van der Waals surface area contributed by atoms with E-state index in [9.17, 15) is 8.42 Å². The van der Waals surface area contributed by atoms with Crippen LogP contribution in [0.25, 0.3) is 0 Å². The summed E-state index contributed by atoms with van der Waals surface area (Å²) < 4.78 is 37.1. The lowest BCUT2D eigenvalue weighted by molar-refractivity contribution is 0.119. The number of sulfonamides is 1. The van der Waals surface area contributed by atoms with Crippen molar-refractivity contribution in [1.29, 1.82) is 0 Å². The summed E-state index contributed by atoms with van der Waals surface area (Å²) in [6, 6.07) is 2.78. The number of pyridine rings is 1. The molecule has 120 valence electrons. The molecule has 0 saturated heterocycles. The smallest absolute Gasteiger partial charge is 0.245 e. The van der Waals surface area contributed by atoms with Crippen LogP contribution in [-0.2, 0) is 26.0 Å². The monoisotopic (exact) mass is 317 g/mol. The van der Waals surface area contributed by atoms with Crippen LogP contribution in [-0.4, -0.2) is 57.7 Å². The van der Waals surface area contributed by atoms with Gasteiger partial charge in [0.05, 0.1) is 18.9 Å². The molecule has 1 rings (SSSR count). The van der Waals surface area contributed by atoms with Crippen LogP contribution in [0.1, 0.15) is 12.6 Å². The fourth-order valence-electron chi connectivity index (χ4n) is 2.02. The van der Waals surface area contributed by atoms with Gasteiger partial charge in [-0.3, -0.25) is 4.98 Å². The topological polar surface area (TPSA) is 94.8 Å². The molecular weight excluding hydrogens is 294 g/mol. The number of nitrogens with zero attached hydrogens (tertiary/aromatic N) is 2. The third kappa shape index (κ3) is 4.45. The summed E-state index contributed by atoms with van der Waals surface area (Å²) >= 11 is 0. The van der Waals surface area contributed by atoms with Crippen LogP contribution >= 0.6 is 0 Å². The second-order valence-electron chi connectivity index (χ2n) is 4.57. The minimum Gasteiger partial charge on any atom is -0.383 e. The first-order chi connectivity index (χ1) is 9.98. The molecular formula is C13H23N3O4S. The minimum absolute atomic E-state index is 0.0617. The Morgan fingerprint density at radius 1 is 1.38 bits per heavy atom. The van der Waals surface area contributed by atoms with E-state index in [-0.39, 0.29) is 24.0 Å². The Balaban J connectivity index is 3.19. The van der Waals surface area contributed by atoms with E-state index >= 15 is 0 Å². The molecule has 0 fully saturated rings. The van der Waals surface area contributed by atoms with Gasteiger partial charge in [0.2, 0.25) is 10.0 Å². The van der Waals surface area contributed by atoms with Crippen LogP contribution in [0.15, 0.2) is 23.2 Å². The van der Waals surface area contributed by atoms with Crippen molar-refractivity contribution in [3.63, 3.8) is 0 Å². The van der Waals surface area contributed by atoms with Crippen LogP contribution in [0, 0.1) is 0 Å². The molecule has 1 atom stereocenters. The Bertz CT molecular complexity index is 536. The normalized spacial score (nSPS) is 13.6. The maximum Gasteiger partial charge on any atom is 0.245 e. The highest BCUT2D eigenvalue weighted by atomic mass is 32.2. The van der Waals surface area contributed by atoms with Crippen LogP contribution in [0.2, 0.25) is 0 Å². The zero-order valence-electron chi connectivity index (χ0n) is 12.7. The molecule has 0 saturated carbocycles. The van der Waals surface area contributed by atoms with Crippen LogP contribution in [0.5, 0.6) is 0 Å². The fourth-order valence-corrected chi connectivity index (χ4v) is 3.81. The molecule has 2 N–H and O–H groups in total. The summed E-state index contributed by atoms with van der Waals surface area (Å²) in [5.41, 5.74) is 5.94. The molecule has 0 spiro atoms. The third-order valence-electron chi connectivity index (χ3n) is 3.04. The molecule has 1 aromatic heterocycles. The molecule has 0 bridgehead atoms. The molecule has 1 aromatic rings. The summed E-state index contributed by atoms with van der Waals surface area (Å²) in [5, 5.41) is 0. The average molecular weight is 317 g/mol. The fraction of sp³-hybridized carbons (Fsp3) is 0.615. The van der Waals surface area contributed by atoms with Gasteiger partial charge in [-0.1, -0.05) is 0 Å².